The zero-order valence-electron chi connectivity index (χ0n) is 10.6. The number of carboxylic acids is 1. The van der Waals surface area contributed by atoms with Crippen LogP contribution in [0.4, 0.5) is 0 Å². The molecule has 1 fully saturated rings. The summed E-state index contributed by atoms with van der Waals surface area (Å²) >= 11 is 11.8. The van der Waals surface area contributed by atoms with Crippen LogP contribution in [-0.4, -0.2) is 38.5 Å². The Morgan fingerprint density at radius 3 is 2.53 bits per heavy atom. The molecule has 1 amide bonds. The second-order valence-electron chi connectivity index (χ2n) is 4.87. The second kappa shape index (κ2) is 4.72. The van der Waals surface area contributed by atoms with Crippen LogP contribution in [0.5, 0.6) is 0 Å². The number of aromatic nitrogens is 1. The highest BCUT2D eigenvalue weighted by atomic mass is 35.5. The van der Waals surface area contributed by atoms with Crippen LogP contribution in [0.25, 0.3) is 0 Å². The van der Waals surface area contributed by atoms with Crippen LogP contribution in [0.3, 0.4) is 0 Å². The van der Waals surface area contributed by atoms with Gasteiger partial charge in [-0.1, -0.05) is 23.2 Å². The first-order valence-corrected chi connectivity index (χ1v) is 6.60. The van der Waals surface area contributed by atoms with Crippen molar-refractivity contribution in [2.45, 2.75) is 25.3 Å². The first-order chi connectivity index (χ1) is 8.79. The lowest BCUT2D eigenvalue weighted by molar-refractivity contribution is -0.147. The van der Waals surface area contributed by atoms with Crippen molar-refractivity contribution >= 4 is 35.1 Å². The highest BCUT2D eigenvalue weighted by molar-refractivity contribution is 6.41. The van der Waals surface area contributed by atoms with Crippen molar-refractivity contribution in [1.29, 1.82) is 0 Å². The number of likely N-dealkylation sites (tertiary alicyclic amines) is 1. The van der Waals surface area contributed by atoms with Gasteiger partial charge in [-0.2, -0.15) is 0 Å². The van der Waals surface area contributed by atoms with Gasteiger partial charge >= 0.3 is 5.97 Å². The first kappa shape index (κ1) is 14.2. The molecule has 0 spiro atoms. The van der Waals surface area contributed by atoms with Gasteiger partial charge in [-0.3, -0.25) is 4.79 Å². The van der Waals surface area contributed by atoms with E-state index in [4.69, 9.17) is 23.2 Å². The molecule has 2 rings (SSSR count). The highest BCUT2D eigenvalue weighted by Gasteiger charge is 2.46. The molecule has 7 heteroatoms. The smallest absolute Gasteiger partial charge is 0.329 e. The second-order valence-corrected chi connectivity index (χ2v) is 5.63. The Balaban J connectivity index is 2.39. The van der Waals surface area contributed by atoms with Crippen molar-refractivity contribution < 1.29 is 14.7 Å². The number of carboxylic acid groups (broad SMARTS) is 1. The summed E-state index contributed by atoms with van der Waals surface area (Å²) in [5.41, 5.74) is -0.871. The maximum atomic E-state index is 12.5. The van der Waals surface area contributed by atoms with E-state index in [2.05, 4.69) is 0 Å². The van der Waals surface area contributed by atoms with Crippen LogP contribution in [-0.2, 0) is 11.8 Å². The van der Waals surface area contributed by atoms with E-state index in [-0.39, 0.29) is 16.1 Å². The molecule has 1 N–H and O–H groups in total. The average Bonchev–Trinajstić information content (AvgIpc) is 2.86. The third kappa shape index (κ3) is 2.11. The maximum Gasteiger partial charge on any atom is 0.329 e. The van der Waals surface area contributed by atoms with E-state index in [0.29, 0.717) is 25.1 Å². The fourth-order valence-electron chi connectivity index (χ4n) is 2.40. The van der Waals surface area contributed by atoms with Crippen molar-refractivity contribution in [3.8, 4) is 0 Å². The number of amides is 1. The Hall–Kier alpha value is -1.20. The molecule has 0 aliphatic carbocycles. The molecule has 19 heavy (non-hydrogen) atoms. The lowest BCUT2D eigenvalue weighted by atomic mass is 9.99. The van der Waals surface area contributed by atoms with E-state index in [1.54, 1.807) is 14.0 Å². The molecular weight excluding hydrogens is 291 g/mol. The molecule has 5 nitrogen and oxygen atoms in total. The van der Waals surface area contributed by atoms with Gasteiger partial charge in [-0.15, -0.1) is 0 Å². The summed E-state index contributed by atoms with van der Waals surface area (Å²) < 4.78 is 1.47. The van der Waals surface area contributed by atoms with Gasteiger partial charge in [0.25, 0.3) is 5.91 Å². The lowest BCUT2D eigenvalue weighted by Crippen LogP contribution is -2.51. The third-order valence-corrected chi connectivity index (χ3v) is 4.52. The van der Waals surface area contributed by atoms with E-state index in [9.17, 15) is 14.7 Å². The number of carbonyl (C=O) groups excluding carboxylic acids is 1. The van der Waals surface area contributed by atoms with Gasteiger partial charge in [-0.05, 0) is 25.8 Å². The molecule has 104 valence electrons. The van der Waals surface area contributed by atoms with Gasteiger partial charge in [0.15, 0.2) is 0 Å². The summed E-state index contributed by atoms with van der Waals surface area (Å²) in [4.78, 5) is 25.2. The molecule has 1 saturated heterocycles. The third-order valence-electron chi connectivity index (χ3n) is 3.68. The fourth-order valence-corrected chi connectivity index (χ4v) is 2.77. The van der Waals surface area contributed by atoms with Crippen LogP contribution in [0.15, 0.2) is 6.07 Å². The van der Waals surface area contributed by atoms with E-state index in [1.807, 2.05) is 0 Å². The number of hydrogen-bond acceptors (Lipinski definition) is 2. The Morgan fingerprint density at radius 2 is 2.05 bits per heavy atom. The van der Waals surface area contributed by atoms with Crippen LogP contribution in [0.1, 0.15) is 30.3 Å². The van der Waals surface area contributed by atoms with E-state index in [1.165, 1.54) is 15.5 Å². The van der Waals surface area contributed by atoms with Crippen LogP contribution in [0.2, 0.25) is 10.2 Å². The molecule has 1 atom stereocenters. The van der Waals surface area contributed by atoms with Crippen molar-refractivity contribution in [3.63, 3.8) is 0 Å². The molecule has 1 aliphatic rings. The summed E-state index contributed by atoms with van der Waals surface area (Å²) in [6.07, 6.45) is 1.11. The minimum Gasteiger partial charge on any atom is -0.480 e. The minimum absolute atomic E-state index is 0.265. The quantitative estimate of drug-likeness (QED) is 0.912. The average molecular weight is 305 g/mol. The fraction of sp³-hybridized carbons (Fsp3) is 0.500. The standard InChI is InChI=1S/C12H14Cl2N2O3/c1-12(11(18)19)4-3-5-16(12)10(17)8-6-7(13)9(14)15(8)2/h6H,3-5H2,1-2H3,(H,18,19). The molecule has 2 heterocycles. The number of nitrogens with zero attached hydrogens (tertiary/aromatic N) is 2. The normalized spacial score (nSPS) is 22.8. The molecular formula is C12H14Cl2N2O3. The number of carbonyl (C=O) groups is 2. The maximum absolute atomic E-state index is 12.5. The van der Waals surface area contributed by atoms with E-state index in [0.717, 1.165) is 0 Å². The number of halogens is 2. The van der Waals surface area contributed by atoms with E-state index < -0.39 is 11.5 Å². The number of rotatable bonds is 2. The molecule has 1 aliphatic heterocycles. The van der Waals surface area contributed by atoms with Gasteiger partial charge < -0.3 is 14.6 Å². The summed E-state index contributed by atoms with van der Waals surface area (Å²) in [6.45, 7) is 1.98. The zero-order chi connectivity index (χ0) is 14.4. The molecule has 1 aromatic rings. The van der Waals surface area contributed by atoms with Gasteiger partial charge in [0.1, 0.15) is 16.4 Å². The Labute approximate surface area is 120 Å². The molecule has 1 unspecified atom stereocenters. The van der Waals surface area contributed by atoms with Crippen molar-refractivity contribution in [1.82, 2.24) is 9.47 Å². The van der Waals surface area contributed by atoms with Crippen molar-refractivity contribution in [2.75, 3.05) is 6.54 Å². The molecule has 0 radical (unpaired) electrons. The van der Waals surface area contributed by atoms with Crippen LogP contribution >= 0.6 is 23.2 Å². The minimum atomic E-state index is -1.17. The first-order valence-electron chi connectivity index (χ1n) is 5.85. The van der Waals surface area contributed by atoms with Gasteiger partial charge in [0, 0.05) is 13.6 Å². The predicted molar refractivity (Wildman–Crippen MR) is 71.7 cm³/mol. The van der Waals surface area contributed by atoms with Gasteiger partial charge in [-0.25, -0.2) is 4.79 Å². The van der Waals surface area contributed by atoms with Gasteiger partial charge in [0.2, 0.25) is 0 Å². The number of aliphatic carboxylic acids is 1. The highest BCUT2D eigenvalue weighted by Crippen LogP contribution is 2.33. The monoisotopic (exact) mass is 304 g/mol. The van der Waals surface area contributed by atoms with Gasteiger partial charge in [0.05, 0.1) is 5.02 Å². The Morgan fingerprint density at radius 1 is 1.42 bits per heavy atom. The summed E-state index contributed by atoms with van der Waals surface area (Å²) in [5, 5.41) is 9.86. The van der Waals surface area contributed by atoms with Crippen LogP contribution in [0, 0.1) is 0 Å². The molecule has 1 aromatic heterocycles. The number of hydrogen-bond donors (Lipinski definition) is 1. The van der Waals surface area contributed by atoms with Crippen LogP contribution < -0.4 is 0 Å². The Bertz CT molecular complexity index is 555. The lowest BCUT2D eigenvalue weighted by Gasteiger charge is -2.31. The zero-order valence-corrected chi connectivity index (χ0v) is 12.1. The molecule has 0 aromatic carbocycles. The summed E-state index contributed by atoms with van der Waals surface area (Å²) in [7, 11) is 1.62. The Kier molecular flexibility index (Phi) is 3.53. The SMILES string of the molecule is Cn1c(C(=O)N2CCCC2(C)C(=O)O)cc(Cl)c1Cl. The topological polar surface area (TPSA) is 62.5 Å². The summed E-state index contributed by atoms with van der Waals surface area (Å²) in [6, 6.07) is 1.47. The predicted octanol–water partition coefficient (Wildman–Crippen LogP) is 2.41. The largest absolute Gasteiger partial charge is 0.480 e. The van der Waals surface area contributed by atoms with Crippen molar-refractivity contribution in [3.05, 3.63) is 21.9 Å². The van der Waals surface area contributed by atoms with E-state index >= 15 is 0 Å². The van der Waals surface area contributed by atoms with Crippen molar-refractivity contribution in [2.24, 2.45) is 7.05 Å². The summed E-state index contributed by atoms with van der Waals surface area (Å²) in [5.74, 6) is -1.36. The molecule has 0 saturated carbocycles. The molecule has 0 bridgehead atoms.